The summed E-state index contributed by atoms with van der Waals surface area (Å²) in [5.74, 6) is -1.79. The number of nitrogens with zero attached hydrogens (tertiary/aromatic N) is 1. The Hall–Kier alpha value is -2.24. The molecular formula is C26H41NO8SSi. The zero-order valence-corrected chi connectivity index (χ0v) is 25.4. The Labute approximate surface area is 221 Å². The lowest BCUT2D eigenvalue weighted by atomic mass is 9.97. The third kappa shape index (κ3) is 8.12. The number of carbonyl (C=O) groups excluding carboxylic acids is 3. The van der Waals surface area contributed by atoms with Crippen molar-refractivity contribution in [1.29, 1.82) is 0 Å². The zero-order valence-electron chi connectivity index (χ0n) is 23.6. The minimum Gasteiger partial charge on any atom is -0.465 e. The lowest BCUT2D eigenvalue weighted by Crippen LogP contribution is -2.28. The zero-order chi connectivity index (χ0) is 28.6. The maximum atomic E-state index is 13.2. The molecule has 1 aromatic rings. The van der Waals surface area contributed by atoms with Gasteiger partial charge in [0.2, 0.25) is 10.0 Å². The van der Waals surface area contributed by atoms with Gasteiger partial charge in [-0.1, -0.05) is 25.7 Å². The van der Waals surface area contributed by atoms with Gasteiger partial charge in [0, 0.05) is 8.07 Å². The van der Waals surface area contributed by atoms with Crippen LogP contribution >= 0.6 is 0 Å². The number of hydrogen-bond acceptors (Lipinski definition) is 8. The Morgan fingerprint density at radius 3 is 1.89 bits per heavy atom. The van der Waals surface area contributed by atoms with Crippen molar-refractivity contribution in [2.75, 3.05) is 12.4 Å². The number of carbonyl (C=O) groups is 3. The van der Waals surface area contributed by atoms with Crippen LogP contribution in [0.4, 0.5) is 0 Å². The molecule has 0 aliphatic carbocycles. The van der Waals surface area contributed by atoms with Gasteiger partial charge in [-0.05, 0) is 72.2 Å². The molecule has 9 nitrogen and oxygen atoms in total. The van der Waals surface area contributed by atoms with Gasteiger partial charge in [-0.25, -0.2) is 8.42 Å². The highest BCUT2D eigenvalue weighted by Gasteiger charge is 2.61. The maximum Gasteiger partial charge on any atom is 0.326 e. The van der Waals surface area contributed by atoms with Crippen LogP contribution in [-0.2, 0) is 29.1 Å². The number of rotatable bonds is 9. The molecule has 1 aliphatic rings. The van der Waals surface area contributed by atoms with Gasteiger partial charge < -0.3 is 14.2 Å². The molecule has 2 rings (SSSR count). The van der Waals surface area contributed by atoms with Gasteiger partial charge in [-0.15, -0.1) is 0 Å². The molecule has 208 valence electrons. The second-order valence-corrected chi connectivity index (χ2v) is 20.2. The van der Waals surface area contributed by atoms with Gasteiger partial charge in [0.1, 0.15) is 6.04 Å². The summed E-state index contributed by atoms with van der Waals surface area (Å²) in [5.41, 5.74) is -1.22. The largest absolute Gasteiger partial charge is 0.465 e. The summed E-state index contributed by atoms with van der Waals surface area (Å²) in [6.45, 7) is 18.2. The third-order valence-corrected chi connectivity index (χ3v) is 9.59. The highest BCUT2D eigenvalue weighted by Crippen LogP contribution is 2.49. The smallest absolute Gasteiger partial charge is 0.326 e. The Balaban J connectivity index is 2.51. The quantitative estimate of drug-likeness (QED) is 0.189. The van der Waals surface area contributed by atoms with E-state index in [1.807, 2.05) is 0 Å². The van der Waals surface area contributed by atoms with E-state index >= 15 is 0 Å². The second kappa shape index (κ2) is 10.9. The molecule has 1 fully saturated rings. The first-order chi connectivity index (χ1) is 16.7. The molecular weight excluding hydrogens is 514 g/mol. The molecule has 0 N–H and O–H groups in total. The molecule has 1 aromatic carbocycles. The first-order valence-electron chi connectivity index (χ1n) is 12.5. The van der Waals surface area contributed by atoms with Crippen molar-refractivity contribution in [3.05, 3.63) is 23.8 Å². The first kappa shape index (κ1) is 31.0. The van der Waals surface area contributed by atoms with Crippen LogP contribution in [0.2, 0.25) is 25.7 Å². The highest BCUT2D eigenvalue weighted by molar-refractivity contribution is 7.89. The minimum absolute atomic E-state index is 0.0241. The van der Waals surface area contributed by atoms with Crippen molar-refractivity contribution in [2.24, 2.45) is 10.8 Å². The fourth-order valence-corrected chi connectivity index (χ4v) is 8.03. The summed E-state index contributed by atoms with van der Waals surface area (Å²) in [6, 6.07) is 3.21. The summed E-state index contributed by atoms with van der Waals surface area (Å²) >= 11 is 0. The van der Waals surface area contributed by atoms with E-state index in [-0.39, 0.29) is 23.9 Å². The van der Waals surface area contributed by atoms with Crippen molar-refractivity contribution in [2.45, 2.75) is 86.2 Å². The topological polar surface area (TPSA) is 116 Å². The van der Waals surface area contributed by atoms with Crippen LogP contribution in [0, 0.1) is 10.8 Å². The molecule has 1 heterocycles. The Morgan fingerprint density at radius 2 is 1.43 bits per heavy atom. The van der Waals surface area contributed by atoms with E-state index < -0.39 is 58.9 Å². The van der Waals surface area contributed by atoms with Crippen LogP contribution < -0.4 is 9.47 Å². The van der Waals surface area contributed by atoms with Crippen LogP contribution in [0.3, 0.4) is 0 Å². The fourth-order valence-electron chi connectivity index (χ4n) is 3.27. The number of esters is 3. The number of sulfonamides is 1. The predicted molar refractivity (Wildman–Crippen MR) is 144 cm³/mol. The second-order valence-electron chi connectivity index (χ2n) is 12.6. The van der Waals surface area contributed by atoms with Crippen LogP contribution in [0.15, 0.2) is 18.2 Å². The number of hydrogen-bond donors (Lipinski definition) is 0. The van der Waals surface area contributed by atoms with E-state index in [4.69, 9.17) is 14.2 Å². The minimum atomic E-state index is -3.76. The summed E-state index contributed by atoms with van der Waals surface area (Å²) in [5, 5.41) is 0. The number of ether oxygens (including phenoxy) is 3. The van der Waals surface area contributed by atoms with Crippen molar-refractivity contribution >= 4 is 36.0 Å². The summed E-state index contributed by atoms with van der Waals surface area (Å²) in [7, 11) is -5.43. The van der Waals surface area contributed by atoms with E-state index in [1.165, 1.54) is 12.1 Å². The molecule has 3 atom stereocenters. The van der Waals surface area contributed by atoms with Crippen molar-refractivity contribution < 1.29 is 37.0 Å². The van der Waals surface area contributed by atoms with Gasteiger partial charge in [0.05, 0.1) is 29.2 Å². The molecule has 0 spiro atoms. The Morgan fingerprint density at radius 1 is 0.919 bits per heavy atom. The molecule has 1 saturated heterocycles. The van der Waals surface area contributed by atoms with Crippen molar-refractivity contribution in [3.63, 3.8) is 0 Å². The molecule has 11 heteroatoms. The molecule has 0 saturated carbocycles. The lowest BCUT2D eigenvalue weighted by Gasteiger charge is -2.21. The standard InChI is InChI=1S/C26H41NO8SSi/c1-11-33-22(28)21-20(27(21)36(31,32)14-15-37(8,9)10)17-12-13-18(34-23(29)25(2,3)4)19(16-17)35-24(30)26(5,6)7/h12-13,16,20-21H,11,14-15H2,1-10H3/t20-,21-,27?/m0/s1. The Kier molecular flexibility index (Phi) is 9.09. The summed E-state index contributed by atoms with van der Waals surface area (Å²) in [4.78, 5) is 37.9. The van der Waals surface area contributed by atoms with Gasteiger partial charge >= 0.3 is 17.9 Å². The van der Waals surface area contributed by atoms with Crippen LogP contribution in [0.5, 0.6) is 11.5 Å². The third-order valence-electron chi connectivity index (χ3n) is 5.66. The van der Waals surface area contributed by atoms with E-state index in [9.17, 15) is 22.8 Å². The first-order valence-corrected chi connectivity index (χ1v) is 17.8. The summed E-state index contributed by atoms with van der Waals surface area (Å²) in [6.07, 6.45) is 0. The van der Waals surface area contributed by atoms with E-state index in [2.05, 4.69) is 19.6 Å². The molecule has 1 unspecified atom stereocenters. The molecule has 0 radical (unpaired) electrons. The molecule has 0 aromatic heterocycles. The van der Waals surface area contributed by atoms with Crippen LogP contribution in [0.1, 0.15) is 60.1 Å². The average Bonchev–Trinajstić information content (AvgIpc) is 3.49. The van der Waals surface area contributed by atoms with E-state index in [0.717, 1.165) is 4.31 Å². The molecule has 0 bridgehead atoms. The highest BCUT2D eigenvalue weighted by atomic mass is 32.2. The van der Waals surface area contributed by atoms with Crippen molar-refractivity contribution in [1.82, 2.24) is 4.31 Å². The number of benzene rings is 1. The predicted octanol–water partition coefficient (Wildman–Crippen LogP) is 4.55. The van der Waals surface area contributed by atoms with E-state index in [1.54, 1.807) is 54.5 Å². The van der Waals surface area contributed by atoms with E-state index in [0.29, 0.717) is 11.6 Å². The van der Waals surface area contributed by atoms with Crippen molar-refractivity contribution in [3.8, 4) is 11.5 Å². The van der Waals surface area contributed by atoms with Gasteiger partial charge in [0.25, 0.3) is 0 Å². The normalized spacial score (nSPS) is 20.2. The fraction of sp³-hybridized carbons (Fsp3) is 0.654. The lowest BCUT2D eigenvalue weighted by molar-refractivity contribution is -0.145. The maximum absolute atomic E-state index is 13.2. The van der Waals surface area contributed by atoms with Gasteiger partial charge in [0.15, 0.2) is 11.5 Å². The summed E-state index contributed by atoms with van der Waals surface area (Å²) < 4.78 is 43.9. The van der Waals surface area contributed by atoms with Crippen LogP contribution in [0.25, 0.3) is 0 Å². The molecule has 1 aliphatic heterocycles. The Bertz CT molecular complexity index is 1140. The molecule has 0 amide bonds. The van der Waals surface area contributed by atoms with Gasteiger partial charge in [-0.2, -0.15) is 4.31 Å². The van der Waals surface area contributed by atoms with Crippen LogP contribution in [-0.4, -0.2) is 57.1 Å². The molecule has 37 heavy (non-hydrogen) atoms. The van der Waals surface area contributed by atoms with Gasteiger partial charge in [-0.3, -0.25) is 14.4 Å². The average molecular weight is 556 g/mol. The SMILES string of the molecule is CCOC(=O)[C@@H]1[C@H](c2ccc(OC(=O)C(C)(C)C)c(OC(=O)C(C)(C)C)c2)N1S(=O)(=O)CC[Si](C)(C)C. The monoisotopic (exact) mass is 555 g/mol.